The standard InChI is InChI=1S/C29H32FN7O3S/c1-19-23(15-20(16-33-19)25(38)31-11-13-36-12-4-8-29(36)6-3-7-29)35-26(39)22-17-34-37-18-24(41-28(22)37)21-5-2-10-32-27(21)40-14-9-30/h2,5,10,15-18H,3-4,6-9,11-14H2,1H3,(H,31,38)(H,35,39). The molecule has 1 aliphatic carbocycles. The van der Waals surface area contributed by atoms with Gasteiger partial charge in [-0.15, -0.1) is 11.3 Å². The van der Waals surface area contributed by atoms with Crippen LogP contribution in [0, 0.1) is 6.92 Å². The van der Waals surface area contributed by atoms with Gasteiger partial charge in [0.2, 0.25) is 5.88 Å². The van der Waals surface area contributed by atoms with Gasteiger partial charge in [0.1, 0.15) is 18.1 Å². The van der Waals surface area contributed by atoms with E-state index in [0.717, 1.165) is 18.0 Å². The molecule has 5 heterocycles. The summed E-state index contributed by atoms with van der Waals surface area (Å²) in [6.45, 7) is 3.58. The number of hydrogen-bond donors (Lipinski definition) is 2. The topological polar surface area (TPSA) is 114 Å². The van der Waals surface area contributed by atoms with Crippen molar-refractivity contribution in [1.29, 1.82) is 0 Å². The number of likely N-dealkylation sites (tertiary alicyclic amines) is 1. The van der Waals surface area contributed by atoms with Crippen LogP contribution in [0.25, 0.3) is 15.3 Å². The number of aryl methyl sites for hydroxylation is 1. The van der Waals surface area contributed by atoms with Gasteiger partial charge in [0, 0.05) is 37.2 Å². The number of thiazole rings is 1. The molecule has 10 nitrogen and oxygen atoms in total. The Hall–Kier alpha value is -3.90. The molecular formula is C29H32FN7O3S. The summed E-state index contributed by atoms with van der Waals surface area (Å²) in [7, 11) is 0. The van der Waals surface area contributed by atoms with Crippen LogP contribution < -0.4 is 15.4 Å². The molecule has 4 aromatic heterocycles. The molecule has 0 bridgehead atoms. The Labute approximate surface area is 240 Å². The van der Waals surface area contributed by atoms with Crippen LogP contribution in [0.5, 0.6) is 5.88 Å². The van der Waals surface area contributed by atoms with E-state index >= 15 is 0 Å². The molecule has 2 N–H and O–H groups in total. The van der Waals surface area contributed by atoms with Crippen molar-refractivity contribution in [3.63, 3.8) is 0 Å². The third-order valence-electron chi connectivity index (χ3n) is 8.08. The number of carbonyl (C=O) groups excluding carboxylic acids is 2. The molecule has 214 valence electrons. The van der Waals surface area contributed by atoms with Gasteiger partial charge in [-0.3, -0.25) is 19.5 Å². The van der Waals surface area contributed by atoms with E-state index in [1.54, 1.807) is 36.0 Å². The van der Waals surface area contributed by atoms with Crippen molar-refractivity contribution in [3.8, 4) is 16.3 Å². The van der Waals surface area contributed by atoms with Gasteiger partial charge in [-0.05, 0) is 63.8 Å². The summed E-state index contributed by atoms with van der Waals surface area (Å²) in [5.41, 5.74) is 2.89. The van der Waals surface area contributed by atoms with Gasteiger partial charge in [0.25, 0.3) is 11.8 Å². The highest BCUT2D eigenvalue weighted by molar-refractivity contribution is 7.21. The predicted molar refractivity (Wildman–Crippen MR) is 154 cm³/mol. The third kappa shape index (κ3) is 5.41. The minimum atomic E-state index is -0.621. The van der Waals surface area contributed by atoms with Crippen LogP contribution in [0.15, 0.2) is 43.0 Å². The first kappa shape index (κ1) is 27.3. The fraction of sp³-hybridized carbons (Fsp3) is 0.414. The molecule has 1 saturated heterocycles. The number of nitrogens with zero attached hydrogens (tertiary/aromatic N) is 5. The van der Waals surface area contributed by atoms with E-state index in [4.69, 9.17) is 4.74 Å². The average Bonchev–Trinajstić information content (AvgIpc) is 3.67. The van der Waals surface area contributed by atoms with Gasteiger partial charge in [-0.2, -0.15) is 5.10 Å². The zero-order valence-corrected chi connectivity index (χ0v) is 23.7. The van der Waals surface area contributed by atoms with Gasteiger partial charge in [-0.25, -0.2) is 13.9 Å². The minimum absolute atomic E-state index is 0.0935. The van der Waals surface area contributed by atoms with Crippen molar-refractivity contribution in [3.05, 3.63) is 59.8 Å². The van der Waals surface area contributed by atoms with Gasteiger partial charge in [0.15, 0.2) is 0 Å². The van der Waals surface area contributed by atoms with E-state index in [1.807, 2.05) is 6.07 Å². The summed E-state index contributed by atoms with van der Waals surface area (Å²) in [5, 5.41) is 10.3. The highest BCUT2D eigenvalue weighted by Crippen LogP contribution is 2.45. The largest absolute Gasteiger partial charge is 0.474 e. The molecule has 2 amide bonds. The maximum Gasteiger partial charge on any atom is 0.260 e. The monoisotopic (exact) mass is 577 g/mol. The molecule has 0 aromatic carbocycles. The van der Waals surface area contributed by atoms with Gasteiger partial charge in [0.05, 0.1) is 39.1 Å². The molecule has 0 atom stereocenters. The third-order valence-corrected chi connectivity index (χ3v) is 9.23. The van der Waals surface area contributed by atoms with E-state index in [9.17, 15) is 14.0 Å². The highest BCUT2D eigenvalue weighted by atomic mass is 32.1. The fourth-order valence-electron chi connectivity index (χ4n) is 5.77. The van der Waals surface area contributed by atoms with Gasteiger partial charge < -0.3 is 15.4 Å². The molecule has 0 radical (unpaired) electrons. The first-order chi connectivity index (χ1) is 20.0. The first-order valence-electron chi connectivity index (χ1n) is 13.9. The summed E-state index contributed by atoms with van der Waals surface area (Å²) >= 11 is 1.35. The second-order valence-electron chi connectivity index (χ2n) is 10.5. The van der Waals surface area contributed by atoms with Crippen molar-refractivity contribution >= 4 is 33.7 Å². The van der Waals surface area contributed by atoms with Crippen LogP contribution >= 0.6 is 11.3 Å². The van der Waals surface area contributed by atoms with Crippen molar-refractivity contribution in [2.75, 3.05) is 38.2 Å². The lowest BCUT2D eigenvalue weighted by molar-refractivity contribution is 0.0561. The van der Waals surface area contributed by atoms with E-state index < -0.39 is 6.67 Å². The van der Waals surface area contributed by atoms with Crippen molar-refractivity contribution in [1.82, 2.24) is 29.8 Å². The molecule has 0 unspecified atom stereocenters. The zero-order chi connectivity index (χ0) is 28.4. The van der Waals surface area contributed by atoms with Crippen molar-refractivity contribution in [2.45, 2.75) is 44.6 Å². The fourth-order valence-corrected chi connectivity index (χ4v) is 6.84. The summed E-state index contributed by atoms with van der Waals surface area (Å²) in [5.74, 6) is -0.260. The number of hydrogen-bond acceptors (Lipinski definition) is 8. The Morgan fingerprint density at radius 2 is 2.02 bits per heavy atom. The molecule has 41 heavy (non-hydrogen) atoms. The van der Waals surface area contributed by atoms with E-state index in [1.165, 1.54) is 55.8 Å². The normalized spacial score (nSPS) is 16.1. The average molecular weight is 578 g/mol. The molecular weight excluding hydrogens is 545 g/mol. The van der Waals surface area contributed by atoms with Crippen molar-refractivity contribution < 1.29 is 18.7 Å². The summed E-state index contributed by atoms with van der Waals surface area (Å²) < 4.78 is 19.7. The number of halogens is 1. The number of aromatic nitrogens is 4. The first-order valence-corrected chi connectivity index (χ1v) is 14.7. The number of nitrogens with one attached hydrogen (secondary N) is 2. The molecule has 1 aliphatic heterocycles. The van der Waals surface area contributed by atoms with Crippen LogP contribution in [0.2, 0.25) is 0 Å². The summed E-state index contributed by atoms with van der Waals surface area (Å²) in [4.78, 5) is 38.7. The van der Waals surface area contributed by atoms with E-state index in [2.05, 4.69) is 30.6 Å². The maximum absolute atomic E-state index is 13.3. The lowest BCUT2D eigenvalue weighted by Gasteiger charge is -2.46. The number of fused-ring (bicyclic) bond motifs is 1. The van der Waals surface area contributed by atoms with Gasteiger partial charge in [-0.1, -0.05) is 0 Å². The van der Waals surface area contributed by atoms with Crippen molar-refractivity contribution in [2.24, 2.45) is 0 Å². The Morgan fingerprint density at radius 3 is 2.83 bits per heavy atom. The van der Waals surface area contributed by atoms with Gasteiger partial charge >= 0.3 is 0 Å². The second kappa shape index (κ2) is 11.5. The lowest BCUT2D eigenvalue weighted by Crippen LogP contribution is -2.51. The Morgan fingerprint density at radius 1 is 1.17 bits per heavy atom. The van der Waals surface area contributed by atoms with E-state index in [0.29, 0.717) is 50.9 Å². The number of ether oxygens (including phenoxy) is 1. The number of anilines is 1. The minimum Gasteiger partial charge on any atom is -0.474 e. The maximum atomic E-state index is 13.3. The van der Waals surface area contributed by atoms with Crippen LogP contribution in [-0.2, 0) is 0 Å². The molecule has 2 fully saturated rings. The highest BCUT2D eigenvalue weighted by Gasteiger charge is 2.44. The number of alkyl halides is 1. The Balaban J connectivity index is 1.13. The smallest absolute Gasteiger partial charge is 0.260 e. The van der Waals surface area contributed by atoms with Crippen LogP contribution in [0.4, 0.5) is 10.1 Å². The molecule has 4 aromatic rings. The number of rotatable bonds is 10. The summed E-state index contributed by atoms with van der Waals surface area (Å²) in [6, 6.07) is 5.25. The number of carbonyl (C=O) groups is 2. The number of amides is 2. The Bertz CT molecular complexity index is 1580. The predicted octanol–water partition coefficient (Wildman–Crippen LogP) is 4.51. The lowest BCUT2D eigenvalue weighted by atomic mass is 9.75. The summed E-state index contributed by atoms with van der Waals surface area (Å²) in [6.07, 6.45) is 12.7. The molecule has 6 rings (SSSR count). The quantitative estimate of drug-likeness (QED) is 0.285. The van der Waals surface area contributed by atoms with Crippen LogP contribution in [0.1, 0.15) is 58.5 Å². The SMILES string of the molecule is Cc1ncc(C(=O)NCCN2CCCC23CCC3)cc1NC(=O)c1cnn2cc(-c3cccnc3OCCF)sc12. The van der Waals surface area contributed by atoms with Crippen LogP contribution in [0.3, 0.4) is 0 Å². The molecule has 2 aliphatic rings. The molecule has 1 saturated carbocycles. The Kier molecular flexibility index (Phi) is 7.67. The molecule has 1 spiro atoms. The second-order valence-corrected chi connectivity index (χ2v) is 11.6. The van der Waals surface area contributed by atoms with Crippen LogP contribution in [-0.4, -0.2) is 74.8 Å². The molecule has 12 heteroatoms. The van der Waals surface area contributed by atoms with E-state index in [-0.39, 0.29) is 18.4 Å². The zero-order valence-electron chi connectivity index (χ0n) is 22.9. The number of pyridine rings is 2.